The lowest BCUT2D eigenvalue weighted by Crippen LogP contribution is -2.25. The number of halogens is 1. The van der Waals surface area contributed by atoms with Crippen LogP contribution >= 0.6 is 0 Å². The number of nitrogens with zero attached hydrogens (tertiary/aromatic N) is 1. The number of hydrogen-bond donors (Lipinski definition) is 2. The number of H-pyrrole nitrogens is 1. The van der Waals surface area contributed by atoms with Gasteiger partial charge in [0, 0.05) is 17.3 Å². The molecular weight excluding hydrogens is 291 g/mol. The lowest BCUT2D eigenvalue weighted by Gasteiger charge is -2.27. The predicted molar refractivity (Wildman–Crippen MR) is 87.4 cm³/mol. The first kappa shape index (κ1) is 14.9. The van der Waals surface area contributed by atoms with Crippen LogP contribution in [-0.4, -0.2) is 21.2 Å². The second-order valence-electron chi connectivity index (χ2n) is 7.05. The SMILES string of the molecule is OC(C1CCCCC1)C1CC1c1c(F)cccc1-c1c[nH]cn1. The highest BCUT2D eigenvalue weighted by molar-refractivity contribution is 5.65. The van der Waals surface area contributed by atoms with Crippen molar-refractivity contribution in [1.29, 1.82) is 0 Å². The smallest absolute Gasteiger partial charge is 0.127 e. The van der Waals surface area contributed by atoms with Gasteiger partial charge < -0.3 is 10.1 Å². The van der Waals surface area contributed by atoms with E-state index >= 15 is 0 Å². The molecule has 122 valence electrons. The van der Waals surface area contributed by atoms with E-state index in [4.69, 9.17) is 0 Å². The molecule has 2 aliphatic rings. The number of aromatic nitrogens is 2. The quantitative estimate of drug-likeness (QED) is 0.886. The van der Waals surface area contributed by atoms with Crippen LogP contribution < -0.4 is 0 Å². The molecule has 1 aromatic heterocycles. The van der Waals surface area contributed by atoms with Crippen LogP contribution in [0.1, 0.15) is 50.0 Å². The molecule has 2 saturated carbocycles. The fourth-order valence-electron chi connectivity index (χ4n) is 4.29. The molecule has 4 heteroatoms. The van der Waals surface area contributed by atoms with Crippen molar-refractivity contribution in [2.75, 3.05) is 0 Å². The van der Waals surface area contributed by atoms with Gasteiger partial charge in [-0.25, -0.2) is 9.37 Å². The van der Waals surface area contributed by atoms with E-state index in [0.717, 1.165) is 36.1 Å². The Morgan fingerprint density at radius 3 is 2.78 bits per heavy atom. The Morgan fingerprint density at radius 2 is 2.04 bits per heavy atom. The van der Waals surface area contributed by atoms with E-state index in [1.165, 1.54) is 25.3 Å². The summed E-state index contributed by atoms with van der Waals surface area (Å²) in [6.45, 7) is 0. The van der Waals surface area contributed by atoms with E-state index in [1.807, 2.05) is 6.07 Å². The second-order valence-corrected chi connectivity index (χ2v) is 7.05. The number of aliphatic hydroxyl groups is 1. The van der Waals surface area contributed by atoms with E-state index in [9.17, 15) is 9.50 Å². The van der Waals surface area contributed by atoms with Gasteiger partial charge in [0.2, 0.25) is 0 Å². The summed E-state index contributed by atoms with van der Waals surface area (Å²) >= 11 is 0. The van der Waals surface area contributed by atoms with Crippen molar-refractivity contribution in [3.05, 3.63) is 42.1 Å². The zero-order chi connectivity index (χ0) is 15.8. The average Bonchev–Trinajstić information content (AvgIpc) is 3.17. The number of aliphatic hydroxyl groups excluding tert-OH is 1. The third-order valence-electron chi connectivity index (χ3n) is 5.61. The zero-order valence-corrected chi connectivity index (χ0v) is 13.2. The Hall–Kier alpha value is -1.68. The number of nitrogens with one attached hydrogen (secondary N) is 1. The molecule has 2 aromatic rings. The first-order valence-corrected chi connectivity index (χ1v) is 8.71. The Labute approximate surface area is 136 Å². The van der Waals surface area contributed by atoms with Gasteiger partial charge in [0.05, 0.1) is 18.1 Å². The van der Waals surface area contributed by atoms with Gasteiger partial charge in [-0.2, -0.15) is 0 Å². The monoisotopic (exact) mass is 314 g/mol. The van der Waals surface area contributed by atoms with Crippen LogP contribution in [0, 0.1) is 17.7 Å². The maximum absolute atomic E-state index is 14.5. The lowest BCUT2D eigenvalue weighted by molar-refractivity contribution is 0.0641. The topological polar surface area (TPSA) is 48.9 Å². The van der Waals surface area contributed by atoms with Gasteiger partial charge in [-0.1, -0.05) is 31.4 Å². The Balaban J connectivity index is 1.58. The van der Waals surface area contributed by atoms with Crippen LogP contribution in [0.25, 0.3) is 11.3 Å². The largest absolute Gasteiger partial charge is 0.393 e. The molecule has 0 saturated heterocycles. The molecule has 2 aliphatic carbocycles. The Morgan fingerprint density at radius 1 is 1.22 bits per heavy atom. The minimum Gasteiger partial charge on any atom is -0.393 e. The molecule has 0 bridgehead atoms. The maximum atomic E-state index is 14.5. The lowest BCUT2D eigenvalue weighted by atomic mass is 9.82. The minimum atomic E-state index is -0.285. The van der Waals surface area contributed by atoms with Crippen molar-refractivity contribution in [1.82, 2.24) is 9.97 Å². The van der Waals surface area contributed by atoms with Gasteiger partial charge in [-0.05, 0) is 43.1 Å². The third-order valence-corrected chi connectivity index (χ3v) is 5.61. The normalized spacial score (nSPS) is 26.2. The molecule has 0 amide bonds. The fourth-order valence-corrected chi connectivity index (χ4v) is 4.29. The van der Waals surface area contributed by atoms with Crippen molar-refractivity contribution in [2.24, 2.45) is 11.8 Å². The molecule has 3 unspecified atom stereocenters. The molecule has 1 aromatic carbocycles. The van der Waals surface area contributed by atoms with E-state index in [-0.39, 0.29) is 23.8 Å². The second kappa shape index (κ2) is 6.08. The summed E-state index contributed by atoms with van der Waals surface area (Å²) < 4.78 is 14.5. The zero-order valence-electron chi connectivity index (χ0n) is 13.2. The van der Waals surface area contributed by atoms with Crippen LogP contribution in [0.4, 0.5) is 4.39 Å². The van der Waals surface area contributed by atoms with Crippen LogP contribution in [-0.2, 0) is 0 Å². The van der Waals surface area contributed by atoms with Gasteiger partial charge in [0.25, 0.3) is 0 Å². The van der Waals surface area contributed by atoms with Crippen LogP contribution in [0.3, 0.4) is 0 Å². The molecule has 4 rings (SSSR count). The van der Waals surface area contributed by atoms with Crippen LogP contribution in [0.2, 0.25) is 0 Å². The molecule has 0 spiro atoms. The fraction of sp³-hybridized carbons (Fsp3) is 0.526. The third kappa shape index (κ3) is 2.80. The Bertz CT molecular complexity index is 664. The molecule has 0 radical (unpaired) electrons. The molecule has 2 fully saturated rings. The number of hydrogen-bond acceptors (Lipinski definition) is 2. The molecule has 1 heterocycles. The van der Waals surface area contributed by atoms with Gasteiger partial charge >= 0.3 is 0 Å². The van der Waals surface area contributed by atoms with Gasteiger partial charge in [-0.15, -0.1) is 0 Å². The molecule has 2 N–H and O–H groups in total. The summed E-state index contributed by atoms with van der Waals surface area (Å²) in [6, 6.07) is 5.18. The van der Waals surface area contributed by atoms with E-state index < -0.39 is 0 Å². The first-order chi connectivity index (χ1) is 11.3. The van der Waals surface area contributed by atoms with Crippen LogP contribution in [0.15, 0.2) is 30.7 Å². The van der Waals surface area contributed by atoms with Crippen LogP contribution in [0.5, 0.6) is 0 Å². The standard InChI is InChI=1S/C19H23FN2O/c20-16-8-4-7-13(17-10-21-11-22-17)18(16)14-9-15(14)19(23)12-5-2-1-3-6-12/h4,7-8,10-12,14-15,19,23H,1-3,5-6,9H2,(H,21,22). The predicted octanol–water partition coefficient (Wildman–Crippen LogP) is 4.26. The Kier molecular flexibility index (Phi) is 3.93. The summed E-state index contributed by atoms with van der Waals surface area (Å²) in [5, 5.41) is 10.7. The number of benzene rings is 1. The van der Waals surface area contributed by atoms with Gasteiger partial charge in [0.15, 0.2) is 0 Å². The number of imidazole rings is 1. The summed E-state index contributed by atoms with van der Waals surface area (Å²) in [6.07, 6.45) is 9.98. The van der Waals surface area contributed by atoms with E-state index in [2.05, 4.69) is 9.97 Å². The average molecular weight is 314 g/mol. The van der Waals surface area contributed by atoms with Crippen molar-refractivity contribution in [3.8, 4) is 11.3 Å². The summed E-state index contributed by atoms with van der Waals surface area (Å²) in [7, 11) is 0. The molecule has 0 aliphatic heterocycles. The number of rotatable bonds is 4. The van der Waals surface area contributed by atoms with Crippen molar-refractivity contribution in [2.45, 2.75) is 50.5 Å². The minimum absolute atomic E-state index is 0.125. The van der Waals surface area contributed by atoms with E-state index in [1.54, 1.807) is 18.6 Å². The highest BCUT2D eigenvalue weighted by Crippen LogP contribution is 2.54. The summed E-state index contributed by atoms with van der Waals surface area (Å²) in [5.41, 5.74) is 2.37. The summed E-state index contributed by atoms with van der Waals surface area (Å²) in [4.78, 5) is 7.21. The highest BCUT2D eigenvalue weighted by Gasteiger charge is 2.47. The van der Waals surface area contributed by atoms with Gasteiger partial charge in [0.1, 0.15) is 5.82 Å². The summed E-state index contributed by atoms with van der Waals surface area (Å²) in [5.74, 6) is 0.556. The van der Waals surface area contributed by atoms with Gasteiger partial charge in [-0.3, -0.25) is 0 Å². The van der Waals surface area contributed by atoms with Crippen molar-refractivity contribution < 1.29 is 9.50 Å². The maximum Gasteiger partial charge on any atom is 0.127 e. The van der Waals surface area contributed by atoms with Crippen molar-refractivity contribution in [3.63, 3.8) is 0 Å². The van der Waals surface area contributed by atoms with E-state index in [0.29, 0.717) is 5.92 Å². The first-order valence-electron chi connectivity index (χ1n) is 8.71. The highest BCUT2D eigenvalue weighted by atomic mass is 19.1. The van der Waals surface area contributed by atoms with Crippen molar-refractivity contribution >= 4 is 0 Å². The molecule has 3 nitrogen and oxygen atoms in total. The number of aromatic amines is 1. The molecule has 23 heavy (non-hydrogen) atoms. The molecular formula is C19H23FN2O. The molecule has 3 atom stereocenters.